The average molecular weight is 322 g/mol. The van der Waals surface area contributed by atoms with Crippen LogP contribution in [0.1, 0.15) is 16.7 Å². The topological polar surface area (TPSA) is 43.4 Å². The zero-order valence-electron chi connectivity index (χ0n) is 12.5. The van der Waals surface area contributed by atoms with E-state index in [1.807, 2.05) is 32.9 Å². The Kier molecular flexibility index (Phi) is 4.64. The number of ether oxygens (including phenoxy) is 1. The summed E-state index contributed by atoms with van der Waals surface area (Å²) < 4.78 is 30.2. The van der Waals surface area contributed by atoms with E-state index in [4.69, 9.17) is 4.74 Å². The Labute approximate surface area is 129 Å². The summed E-state index contributed by atoms with van der Waals surface area (Å²) in [5, 5.41) is 0. The van der Waals surface area contributed by atoms with Gasteiger partial charge in [0, 0.05) is 15.7 Å². The molecule has 0 aromatic heterocycles. The second kappa shape index (κ2) is 6.12. The van der Waals surface area contributed by atoms with Crippen molar-refractivity contribution in [1.82, 2.24) is 0 Å². The molecular weight excluding hydrogens is 304 g/mol. The fraction of sp³-hybridized carbons (Fsp3) is 0.250. The first-order valence-corrected chi connectivity index (χ1v) is 9.31. The van der Waals surface area contributed by atoms with Crippen molar-refractivity contribution < 1.29 is 13.2 Å². The largest absolute Gasteiger partial charge is 0.496 e. The Morgan fingerprint density at radius 2 is 1.57 bits per heavy atom. The molecule has 0 spiro atoms. The van der Waals surface area contributed by atoms with Crippen molar-refractivity contribution in [3.8, 4) is 5.75 Å². The van der Waals surface area contributed by atoms with Crippen molar-refractivity contribution in [2.45, 2.75) is 30.6 Å². The van der Waals surface area contributed by atoms with Gasteiger partial charge in [-0.1, -0.05) is 17.7 Å². The lowest BCUT2D eigenvalue weighted by molar-refractivity contribution is 0.411. The van der Waals surface area contributed by atoms with Gasteiger partial charge in [-0.15, -0.1) is 0 Å². The smallest absolute Gasteiger partial charge is 0.234 e. The molecule has 0 N–H and O–H groups in total. The molecule has 0 radical (unpaired) electrons. The first-order valence-electron chi connectivity index (χ1n) is 6.50. The van der Waals surface area contributed by atoms with E-state index in [1.165, 1.54) is 0 Å². The van der Waals surface area contributed by atoms with Gasteiger partial charge in [-0.25, -0.2) is 8.42 Å². The van der Waals surface area contributed by atoms with Crippen molar-refractivity contribution in [3.05, 3.63) is 53.1 Å². The molecule has 0 saturated carbocycles. The fourth-order valence-electron chi connectivity index (χ4n) is 1.94. The van der Waals surface area contributed by atoms with Gasteiger partial charge in [0.25, 0.3) is 0 Å². The maximum atomic E-state index is 12.5. The minimum absolute atomic E-state index is 0.325. The minimum Gasteiger partial charge on any atom is -0.496 e. The quantitative estimate of drug-likeness (QED) is 0.795. The van der Waals surface area contributed by atoms with Gasteiger partial charge in [-0.2, -0.15) is 0 Å². The third-order valence-corrected chi connectivity index (χ3v) is 6.66. The first-order chi connectivity index (χ1) is 9.83. The molecule has 0 aliphatic rings. The van der Waals surface area contributed by atoms with E-state index in [9.17, 15) is 8.42 Å². The van der Waals surface area contributed by atoms with Gasteiger partial charge in [-0.3, -0.25) is 0 Å². The summed E-state index contributed by atoms with van der Waals surface area (Å²) in [6, 6.07) is 10.6. The molecule has 2 rings (SSSR count). The maximum Gasteiger partial charge on any atom is 0.234 e. The fourth-order valence-corrected chi connectivity index (χ4v) is 5.03. The molecule has 0 heterocycles. The highest BCUT2D eigenvalue weighted by Crippen LogP contribution is 2.35. The van der Waals surface area contributed by atoms with Gasteiger partial charge in [-0.05, 0) is 56.2 Å². The number of benzene rings is 2. The molecule has 0 fully saturated rings. The van der Waals surface area contributed by atoms with Gasteiger partial charge in [0.15, 0.2) is 0 Å². The van der Waals surface area contributed by atoms with Crippen LogP contribution in [0.2, 0.25) is 0 Å². The molecule has 5 heteroatoms. The van der Waals surface area contributed by atoms with E-state index >= 15 is 0 Å². The van der Waals surface area contributed by atoms with Crippen LogP contribution in [0.3, 0.4) is 0 Å². The van der Waals surface area contributed by atoms with Crippen molar-refractivity contribution in [3.63, 3.8) is 0 Å². The molecule has 0 atom stereocenters. The van der Waals surface area contributed by atoms with E-state index in [1.54, 1.807) is 31.4 Å². The van der Waals surface area contributed by atoms with Crippen LogP contribution in [-0.2, 0) is 8.87 Å². The van der Waals surface area contributed by atoms with Crippen LogP contribution in [0, 0.1) is 20.8 Å². The van der Waals surface area contributed by atoms with Crippen molar-refractivity contribution in [2.24, 2.45) is 0 Å². The molecular formula is C16H18O3S2. The first kappa shape index (κ1) is 15.9. The lowest BCUT2D eigenvalue weighted by Crippen LogP contribution is -1.97. The van der Waals surface area contributed by atoms with Crippen LogP contribution in [0.25, 0.3) is 0 Å². The molecule has 2 aromatic rings. The number of aryl methyl sites for hydroxylation is 3. The maximum absolute atomic E-state index is 12.5. The molecule has 0 aliphatic heterocycles. The molecule has 0 aliphatic carbocycles. The van der Waals surface area contributed by atoms with E-state index in [-0.39, 0.29) is 0 Å². The number of hydrogen-bond donors (Lipinski definition) is 0. The standard InChI is InChI=1S/C16H18O3S2/c1-11-5-7-14(8-6-11)21(17,18)20-16-10-12(2)15(19-4)9-13(16)3/h5-10H,1-4H3. The number of rotatable bonds is 4. The second-order valence-electron chi connectivity index (χ2n) is 4.94. The van der Waals surface area contributed by atoms with Crippen LogP contribution in [0.15, 0.2) is 46.2 Å². The monoisotopic (exact) mass is 322 g/mol. The Hall–Kier alpha value is -1.46. The van der Waals surface area contributed by atoms with E-state index in [0.29, 0.717) is 4.90 Å². The van der Waals surface area contributed by atoms with Crippen LogP contribution in [0.5, 0.6) is 5.75 Å². The van der Waals surface area contributed by atoms with Gasteiger partial charge in [0.05, 0.1) is 12.0 Å². The summed E-state index contributed by atoms with van der Waals surface area (Å²) in [4.78, 5) is 1.06. The van der Waals surface area contributed by atoms with Gasteiger partial charge in [0.2, 0.25) is 8.87 Å². The SMILES string of the molecule is COc1cc(C)c(SS(=O)(=O)c2ccc(C)cc2)cc1C. The zero-order chi connectivity index (χ0) is 15.6. The lowest BCUT2D eigenvalue weighted by atomic mass is 10.1. The third kappa shape index (κ3) is 3.60. The summed E-state index contributed by atoms with van der Waals surface area (Å²) in [5.74, 6) is 0.768. The summed E-state index contributed by atoms with van der Waals surface area (Å²) in [7, 11) is -0.923. The molecule has 0 bridgehead atoms. The molecule has 112 valence electrons. The highest BCUT2D eigenvalue weighted by atomic mass is 33.1. The summed E-state index contributed by atoms with van der Waals surface area (Å²) >= 11 is 0. The predicted molar refractivity (Wildman–Crippen MR) is 86.7 cm³/mol. The van der Waals surface area contributed by atoms with Crippen LogP contribution in [0.4, 0.5) is 0 Å². The highest BCUT2D eigenvalue weighted by Gasteiger charge is 2.18. The molecule has 3 nitrogen and oxygen atoms in total. The zero-order valence-corrected chi connectivity index (χ0v) is 14.1. The summed E-state index contributed by atoms with van der Waals surface area (Å²) in [6.45, 7) is 5.72. The third-order valence-electron chi connectivity index (χ3n) is 3.20. The molecule has 0 saturated heterocycles. The predicted octanol–water partition coefficient (Wildman–Crippen LogP) is 4.10. The number of methoxy groups -OCH3 is 1. The molecule has 21 heavy (non-hydrogen) atoms. The van der Waals surface area contributed by atoms with Crippen molar-refractivity contribution >= 4 is 19.7 Å². The lowest BCUT2D eigenvalue weighted by Gasteiger charge is -2.11. The average Bonchev–Trinajstić information content (AvgIpc) is 2.42. The summed E-state index contributed by atoms with van der Waals surface area (Å²) in [5.41, 5.74) is 2.85. The summed E-state index contributed by atoms with van der Waals surface area (Å²) in [6.07, 6.45) is 0. The van der Waals surface area contributed by atoms with Gasteiger partial charge < -0.3 is 4.74 Å². The molecule has 0 amide bonds. The van der Waals surface area contributed by atoms with E-state index < -0.39 is 8.87 Å². The van der Waals surface area contributed by atoms with Gasteiger partial charge in [0.1, 0.15) is 5.75 Å². The van der Waals surface area contributed by atoms with Crippen LogP contribution >= 0.6 is 10.8 Å². The Morgan fingerprint density at radius 1 is 0.952 bits per heavy atom. The minimum atomic E-state index is -3.41. The van der Waals surface area contributed by atoms with E-state index in [0.717, 1.165) is 38.1 Å². The Morgan fingerprint density at radius 3 is 2.14 bits per heavy atom. The molecule has 0 unspecified atom stereocenters. The van der Waals surface area contributed by atoms with Crippen LogP contribution < -0.4 is 4.74 Å². The number of hydrogen-bond acceptors (Lipinski definition) is 4. The molecule has 2 aromatic carbocycles. The Bertz CT molecular complexity index is 748. The van der Waals surface area contributed by atoms with E-state index in [2.05, 4.69) is 0 Å². The highest BCUT2D eigenvalue weighted by molar-refractivity contribution is 8.72. The normalized spacial score (nSPS) is 11.4. The van der Waals surface area contributed by atoms with Crippen molar-refractivity contribution in [1.29, 1.82) is 0 Å². The van der Waals surface area contributed by atoms with Crippen molar-refractivity contribution in [2.75, 3.05) is 7.11 Å². The van der Waals surface area contributed by atoms with Crippen LogP contribution in [-0.4, -0.2) is 15.5 Å². The Balaban J connectivity index is 2.37. The van der Waals surface area contributed by atoms with Gasteiger partial charge >= 0.3 is 0 Å². The second-order valence-corrected chi connectivity index (χ2v) is 8.74.